The number of hydrogen-bond donors (Lipinski definition) is 1. The Bertz CT molecular complexity index is 602. The lowest BCUT2D eigenvalue weighted by Gasteiger charge is -2.09. The number of benzene rings is 1. The largest absolute Gasteiger partial charge is 0.370 e. The number of nitrogens with zero attached hydrogens (tertiary/aromatic N) is 2. The van der Waals surface area contributed by atoms with Crippen molar-refractivity contribution in [3.63, 3.8) is 0 Å². The van der Waals surface area contributed by atoms with Gasteiger partial charge in [-0.15, -0.1) is 0 Å². The summed E-state index contributed by atoms with van der Waals surface area (Å²) in [5.41, 5.74) is 1.80. The Morgan fingerprint density at radius 3 is 2.65 bits per heavy atom. The monoisotopic (exact) mass is 293 g/mol. The van der Waals surface area contributed by atoms with E-state index < -0.39 is 0 Å². The minimum atomic E-state index is -0.338. The van der Waals surface area contributed by atoms with Crippen LogP contribution in [0.1, 0.15) is 30.9 Å². The normalized spacial score (nSPS) is 10.6. The summed E-state index contributed by atoms with van der Waals surface area (Å²) in [7, 11) is 0. The van der Waals surface area contributed by atoms with E-state index in [1.54, 1.807) is 6.07 Å². The molecule has 5 heteroatoms. The average molecular weight is 294 g/mol. The van der Waals surface area contributed by atoms with Crippen molar-refractivity contribution in [2.24, 2.45) is 0 Å². The van der Waals surface area contributed by atoms with Crippen LogP contribution in [-0.4, -0.2) is 16.5 Å². The zero-order chi connectivity index (χ0) is 14.5. The molecule has 0 aliphatic carbocycles. The maximum atomic E-state index is 13.0. The van der Waals surface area contributed by atoms with E-state index in [0.717, 1.165) is 30.0 Å². The number of aromatic nitrogens is 2. The summed E-state index contributed by atoms with van der Waals surface area (Å²) in [5, 5.41) is 3.59. The molecular formula is C15H17ClFN3. The van der Waals surface area contributed by atoms with Crippen LogP contribution in [0.25, 0.3) is 0 Å². The highest BCUT2D eigenvalue weighted by Gasteiger charge is 2.08. The van der Waals surface area contributed by atoms with Crippen molar-refractivity contribution in [3.8, 4) is 0 Å². The van der Waals surface area contributed by atoms with Crippen molar-refractivity contribution >= 4 is 17.4 Å². The fourth-order valence-electron chi connectivity index (χ4n) is 1.92. The van der Waals surface area contributed by atoms with E-state index in [0.29, 0.717) is 17.3 Å². The number of nitrogens with one attached hydrogen (secondary N) is 1. The second-order valence-corrected chi connectivity index (χ2v) is 4.86. The first kappa shape index (κ1) is 14.7. The molecular weight excluding hydrogens is 277 g/mol. The van der Waals surface area contributed by atoms with Gasteiger partial charge in [0, 0.05) is 29.7 Å². The molecule has 0 saturated heterocycles. The fraction of sp³-hybridized carbons (Fsp3) is 0.333. The van der Waals surface area contributed by atoms with Gasteiger partial charge < -0.3 is 5.32 Å². The quantitative estimate of drug-likeness (QED) is 0.910. The Kier molecular flexibility index (Phi) is 4.90. The molecule has 0 atom stereocenters. The Balaban J connectivity index is 2.29. The molecule has 2 rings (SSSR count). The summed E-state index contributed by atoms with van der Waals surface area (Å²) in [6, 6.07) is 6.33. The molecule has 2 aromatic rings. The van der Waals surface area contributed by atoms with E-state index in [1.165, 1.54) is 12.1 Å². The summed E-state index contributed by atoms with van der Waals surface area (Å²) >= 11 is 6.04. The van der Waals surface area contributed by atoms with Gasteiger partial charge in [0.15, 0.2) is 0 Å². The van der Waals surface area contributed by atoms with E-state index in [4.69, 9.17) is 11.6 Å². The average Bonchev–Trinajstić information content (AvgIpc) is 2.42. The molecule has 0 aliphatic rings. The summed E-state index contributed by atoms with van der Waals surface area (Å²) in [6.45, 7) is 4.87. The van der Waals surface area contributed by atoms with Crippen molar-refractivity contribution in [1.82, 2.24) is 9.97 Å². The highest BCUT2D eigenvalue weighted by atomic mass is 35.5. The topological polar surface area (TPSA) is 37.8 Å². The van der Waals surface area contributed by atoms with Crippen LogP contribution in [0.2, 0.25) is 5.02 Å². The standard InChI is InChI=1S/C15H17ClFN3/c1-3-12-9-14(18-4-2)20-15(19-12)7-10-5-6-11(17)8-13(10)16/h5-6,8-9H,3-4,7H2,1-2H3,(H,18,19,20). The number of hydrogen-bond acceptors (Lipinski definition) is 3. The molecule has 3 nitrogen and oxygen atoms in total. The van der Waals surface area contributed by atoms with Crippen LogP contribution in [-0.2, 0) is 12.8 Å². The van der Waals surface area contributed by atoms with Crippen molar-refractivity contribution in [2.45, 2.75) is 26.7 Å². The number of anilines is 1. The third-order valence-electron chi connectivity index (χ3n) is 2.91. The molecule has 0 bridgehead atoms. The summed E-state index contributed by atoms with van der Waals surface area (Å²) in [5.74, 6) is 1.16. The highest BCUT2D eigenvalue weighted by molar-refractivity contribution is 6.31. The number of halogens is 2. The van der Waals surface area contributed by atoms with Gasteiger partial charge in [0.2, 0.25) is 0 Å². The minimum Gasteiger partial charge on any atom is -0.370 e. The second kappa shape index (κ2) is 6.66. The van der Waals surface area contributed by atoms with E-state index in [2.05, 4.69) is 15.3 Å². The molecule has 0 spiro atoms. The van der Waals surface area contributed by atoms with Crippen LogP contribution in [0.5, 0.6) is 0 Å². The van der Waals surface area contributed by atoms with E-state index >= 15 is 0 Å². The van der Waals surface area contributed by atoms with Crippen LogP contribution < -0.4 is 5.32 Å². The lowest BCUT2D eigenvalue weighted by atomic mass is 10.1. The third kappa shape index (κ3) is 3.67. The Hall–Kier alpha value is -1.68. The van der Waals surface area contributed by atoms with Gasteiger partial charge in [-0.05, 0) is 31.0 Å². The molecule has 0 radical (unpaired) electrons. The molecule has 1 aromatic carbocycles. The van der Waals surface area contributed by atoms with Crippen LogP contribution in [0.15, 0.2) is 24.3 Å². The van der Waals surface area contributed by atoms with Crippen LogP contribution in [0, 0.1) is 5.82 Å². The second-order valence-electron chi connectivity index (χ2n) is 4.46. The van der Waals surface area contributed by atoms with Crippen LogP contribution in [0.4, 0.5) is 10.2 Å². The van der Waals surface area contributed by atoms with Gasteiger partial charge >= 0.3 is 0 Å². The first-order valence-corrected chi connectivity index (χ1v) is 7.04. The molecule has 1 N–H and O–H groups in total. The fourth-order valence-corrected chi connectivity index (χ4v) is 2.15. The minimum absolute atomic E-state index is 0.338. The van der Waals surface area contributed by atoms with E-state index in [1.807, 2.05) is 19.9 Å². The molecule has 0 fully saturated rings. The predicted octanol–water partition coefficient (Wildman–Crippen LogP) is 3.85. The van der Waals surface area contributed by atoms with Gasteiger partial charge in [-0.1, -0.05) is 24.6 Å². The SMILES string of the molecule is CCNc1cc(CC)nc(Cc2ccc(F)cc2Cl)n1. The Morgan fingerprint density at radius 1 is 1.20 bits per heavy atom. The third-order valence-corrected chi connectivity index (χ3v) is 3.26. The maximum Gasteiger partial charge on any atom is 0.135 e. The lowest BCUT2D eigenvalue weighted by Crippen LogP contribution is -2.06. The molecule has 106 valence electrons. The number of rotatable bonds is 5. The molecule has 1 heterocycles. The molecule has 0 aliphatic heterocycles. The maximum absolute atomic E-state index is 13.0. The first-order valence-electron chi connectivity index (χ1n) is 6.67. The highest BCUT2D eigenvalue weighted by Crippen LogP contribution is 2.20. The summed E-state index contributed by atoms with van der Waals surface area (Å²) < 4.78 is 13.0. The lowest BCUT2D eigenvalue weighted by molar-refractivity contribution is 0.627. The molecule has 0 amide bonds. The molecule has 0 saturated carbocycles. The Labute approximate surface area is 123 Å². The first-order chi connectivity index (χ1) is 9.62. The van der Waals surface area contributed by atoms with Gasteiger partial charge in [0.1, 0.15) is 17.5 Å². The van der Waals surface area contributed by atoms with Gasteiger partial charge in [-0.2, -0.15) is 0 Å². The zero-order valence-electron chi connectivity index (χ0n) is 11.6. The van der Waals surface area contributed by atoms with Gasteiger partial charge in [0.05, 0.1) is 0 Å². The van der Waals surface area contributed by atoms with Crippen molar-refractivity contribution in [2.75, 3.05) is 11.9 Å². The van der Waals surface area contributed by atoms with Gasteiger partial charge in [0.25, 0.3) is 0 Å². The summed E-state index contributed by atoms with van der Waals surface area (Å²) in [4.78, 5) is 8.94. The molecule has 1 aromatic heterocycles. The Morgan fingerprint density at radius 2 is 2.00 bits per heavy atom. The molecule has 0 unspecified atom stereocenters. The summed E-state index contributed by atoms with van der Waals surface area (Å²) in [6.07, 6.45) is 1.33. The zero-order valence-corrected chi connectivity index (χ0v) is 12.3. The molecule has 20 heavy (non-hydrogen) atoms. The smallest absolute Gasteiger partial charge is 0.135 e. The number of aryl methyl sites for hydroxylation is 1. The van der Waals surface area contributed by atoms with Crippen LogP contribution >= 0.6 is 11.6 Å². The van der Waals surface area contributed by atoms with E-state index in [9.17, 15) is 4.39 Å². The van der Waals surface area contributed by atoms with Crippen molar-refractivity contribution in [1.29, 1.82) is 0 Å². The van der Waals surface area contributed by atoms with E-state index in [-0.39, 0.29) is 5.82 Å². The predicted molar refractivity (Wildman–Crippen MR) is 79.8 cm³/mol. The van der Waals surface area contributed by atoms with Crippen molar-refractivity contribution < 1.29 is 4.39 Å². The van der Waals surface area contributed by atoms with Gasteiger partial charge in [-0.3, -0.25) is 0 Å². The van der Waals surface area contributed by atoms with Crippen molar-refractivity contribution in [3.05, 3.63) is 52.2 Å². The van der Waals surface area contributed by atoms with Crippen LogP contribution in [0.3, 0.4) is 0 Å². The van der Waals surface area contributed by atoms with Gasteiger partial charge in [-0.25, -0.2) is 14.4 Å².